The zero-order valence-electron chi connectivity index (χ0n) is 36.9. The number of anilines is 6. The highest BCUT2D eigenvalue weighted by atomic mass is 15.1. The Kier molecular flexibility index (Phi) is 10.3. The Morgan fingerprint density at radius 1 is 0.383 bits per heavy atom. The molecule has 0 amide bonds. The average molecular weight is 785 g/mol. The maximum absolute atomic E-state index is 2.63. The molecule has 302 valence electrons. The molecule has 0 saturated carbocycles. The summed E-state index contributed by atoms with van der Waals surface area (Å²) in [5.74, 6) is 1.12. The van der Waals surface area contributed by atoms with E-state index in [1.807, 2.05) is 0 Å². The molecule has 0 radical (unpaired) electrons. The minimum absolute atomic E-state index is 0.194. The molecule has 2 aliphatic carbocycles. The largest absolute Gasteiger partial charge is 0.310 e. The van der Waals surface area contributed by atoms with Gasteiger partial charge in [-0.25, -0.2) is 0 Å². The van der Waals surface area contributed by atoms with Crippen molar-refractivity contribution in [1.82, 2.24) is 0 Å². The summed E-state index contributed by atoms with van der Waals surface area (Å²) in [7, 11) is 0. The van der Waals surface area contributed by atoms with Crippen LogP contribution in [0.1, 0.15) is 102 Å². The minimum atomic E-state index is -0.194. The maximum atomic E-state index is 2.63. The zero-order valence-corrected chi connectivity index (χ0v) is 36.9. The van der Waals surface area contributed by atoms with Crippen LogP contribution in [0.5, 0.6) is 0 Å². The van der Waals surface area contributed by atoms with Crippen molar-refractivity contribution in [2.45, 2.75) is 91.9 Å². The number of fused-ring (bicyclic) bond motifs is 6. The summed E-state index contributed by atoms with van der Waals surface area (Å²) in [6.45, 7) is 19.4. The van der Waals surface area contributed by atoms with Crippen LogP contribution in [-0.4, -0.2) is 0 Å². The van der Waals surface area contributed by atoms with Crippen LogP contribution >= 0.6 is 0 Å². The molecule has 0 N–H and O–H groups in total. The first kappa shape index (κ1) is 39.6. The molecule has 0 spiro atoms. The minimum Gasteiger partial charge on any atom is -0.310 e. The third-order valence-electron chi connectivity index (χ3n) is 13.9. The average Bonchev–Trinajstić information content (AvgIpc) is 3.63. The van der Waals surface area contributed by atoms with Crippen LogP contribution in [-0.2, 0) is 23.7 Å². The van der Waals surface area contributed by atoms with E-state index >= 15 is 0 Å². The summed E-state index contributed by atoms with van der Waals surface area (Å²) < 4.78 is 0. The lowest BCUT2D eigenvalue weighted by molar-refractivity contribution is 0.560. The van der Waals surface area contributed by atoms with Gasteiger partial charge >= 0.3 is 0 Å². The summed E-state index contributed by atoms with van der Waals surface area (Å²) in [6, 6.07) is 58.9. The van der Waals surface area contributed by atoms with Gasteiger partial charge in [-0.1, -0.05) is 141 Å². The highest BCUT2D eigenvalue weighted by Crippen LogP contribution is 2.59. The Bertz CT molecular complexity index is 2380. The second kappa shape index (κ2) is 15.6. The summed E-state index contributed by atoms with van der Waals surface area (Å²) in [6.07, 6.45) is 4.37. The van der Waals surface area contributed by atoms with Crippen molar-refractivity contribution >= 4 is 34.1 Å². The molecule has 7 aromatic carbocycles. The molecule has 9 rings (SSSR count). The molecule has 2 atom stereocenters. The van der Waals surface area contributed by atoms with Gasteiger partial charge in [-0.15, -0.1) is 0 Å². The van der Waals surface area contributed by atoms with Gasteiger partial charge in [0.1, 0.15) is 0 Å². The molecule has 0 saturated heterocycles. The molecule has 0 aliphatic heterocycles. The smallest absolute Gasteiger partial charge is 0.0467 e. The number of nitrogens with zero attached hydrogens (tertiary/aromatic N) is 2. The maximum Gasteiger partial charge on any atom is 0.0467 e. The van der Waals surface area contributed by atoms with Crippen molar-refractivity contribution in [3.8, 4) is 22.3 Å². The molecule has 0 heterocycles. The second-order valence-electron chi connectivity index (χ2n) is 18.7. The SMILES string of the molecule is CCC(C)Cc1cc(N(c2ccccc2)c2ccccc2)cc2c1-c1cc3c(cc1C2(C)C)-c1c(CC(C)CC)cc(N(c2ccccc2)c2ccccc2)cc1C3(C)C. The number of benzene rings is 7. The summed E-state index contributed by atoms with van der Waals surface area (Å²) >= 11 is 0. The van der Waals surface area contributed by atoms with E-state index < -0.39 is 0 Å². The topological polar surface area (TPSA) is 6.48 Å². The third-order valence-corrected chi connectivity index (χ3v) is 13.9. The molecular formula is C58H60N2. The van der Waals surface area contributed by atoms with Crippen LogP contribution in [0.3, 0.4) is 0 Å². The van der Waals surface area contributed by atoms with Gasteiger partial charge in [0, 0.05) is 45.0 Å². The van der Waals surface area contributed by atoms with Gasteiger partial charge in [0.15, 0.2) is 0 Å². The predicted molar refractivity (Wildman–Crippen MR) is 257 cm³/mol. The van der Waals surface area contributed by atoms with E-state index in [2.05, 4.69) is 223 Å². The Balaban J connectivity index is 1.25. The fraction of sp³-hybridized carbons (Fsp3) is 0.276. The fourth-order valence-corrected chi connectivity index (χ4v) is 10.2. The quantitative estimate of drug-likeness (QED) is 0.122. The van der Waals surface area contributed by atoms with Gasteiger partial charge in [-0.2, -0.15) is 0 Å². The van der Waals surface area contributed by atoms with E-state index in [0.717, 1.165) is 25.7 Å². The zero-order chi connectivity index (χ0) is 41.8. The highest BCUT2D eigenvalue weighted by Gasteiger charge is 2.44. The van der Waals surface area contributed by atoms with Crippen molar-refractivity contribution in [2.75, 3.05) is 9.80 Å². The van der Waals surface area contributed by atoms with Crippen LogP contribution in [0, 0.1) is 11.8 Å². The highest BCUT2D eigenvalue weighted by molar-refractivity contribution is 5.94. The van der Waals surface area contributed by atoms with E-state index in [1.165, 1.54) is 89.8 Å². The first-order chi connectivity index (χ1) is 29.0. The normalized spacial score (nSPS) is 15.1. The van der Waals surface area contributed by atoms with Crippen molar-refractivity contribution in [2.24, 2.45) is 11.8 Å². The molecule has 60 heavy (non-hydrogen) atoms. The summed E-state index contributed by atoms with van der Waals surface area (Å²) in [5, 5.41) is 0. The summed E-state index contributed by atoms with van der Waals surface area (Å²) in [4.78, 5) is 4.90. The van der Waals surface area contributed by atoms with Crippen LogP contribution < -0.4 is 9.80 Å². The number of hydrogen-bond donors (Lipinski definition) is 0. The van der Waals surface area contributed by atoms with Crippen LogP contribution in [0.2, 0.25) is 0 Å². The predicted octanol–water partition coefficient (Wildman–Crippen LogP) is 16.4. The van der Waals surface area contributed by atoms with E-state index in [9.17, 15) is 0 Å². The van der Waals surface area contributed by atoms with Crippen molar-refractivity contribution < 1.29 is 0 Å². The van der Waals surface area contributed by atoms with Crippen LogP contribution in [0.4, 0.5) is 34.1 Å². The molecule has 2 nitrogen and oxygen atoms in total. The van der Waals surface area contributed by atoms with Gasteiger partial charge < -0.3 is 9.80 Å². The second-order valence-corrected chi connectivity index (χ2v) is 18.7. The molecule has 2 heteroatoms. The Morgan fingerprint density at radius 2 is 0.683 bits per heavy atom. The van der Waals surface area contributed by atoms with Crippen LogP contribution in [0.15, 0.2) is 158 Å². The molecule has 2 unspecified atom stereocenters. The lowest BCUT2D eigenvalue weighted by atomic mass is 9.79. The van der Waals surface area contributed by atoms with E-state index in [4.69, 9.17) is 0 Å². The van der Waals surface area contributed by atoms with Gasteiger partial charge in [0.25, 0.3) is 0 Å². The van der Waals surface area contributed by atoms with E-state index in [0.29, 0.717) is 11.8 Å². The molecule has 0 aromatic heterocycles. The van der Waals surface area contributed by atoms with E-state index in [-0.39, 0.29) is 10.8 Å². The summed E-state index contributed by atoms with van der Waals surface area (Å²) in [5.41, 5.74) is 21.2. The Labute approximate surface area is 359 Å². The van der Waals surface area contributed by atoms with Crippen molar-refractivity contribution in [1.29, 1.82) is 0 Å². The lowest BCUT2D eigenvalue weighted by Gasteiger charge is -2.29. The lowest BCUT2D eigenvalue weighted by Crippen LogP contribution is -2.18. The molecule has 7 aromatic rings. The fourth-order valence-electron chi connectivity index (χ4n) is 10.2. The number of hydrogen-bond acceptors (Lipinski definition) is 2. The Morgan fingerprint density at radius 3 is 0.967 bits per heavy atom. The monoisotopic (exact) mass is 784 g/mol. The molecular weight excluding hydrogens is 725 g/mol. The molecule has 0 fully saturated rings. The van der Waals surface area contributed by atoms with Crippen molar-refractivity contribution in [3.05, 3.63) is 191 Å². The standard InChI is InChI=1S/C58H60N2/c1-9-39(3)31-41-33-47(59(43-23-15-11-16-24-43)44-25-17-12-18-26-44)35-53-55(41)49-37-52-50(38-51(49)57(53,5)6)56-42(32-40(4)10-2)34-48(36-54(56)58(52,7)8)60(45-27-19-13-20-28-45)46-29-21-14-22-30-46/h11-30,33-40H,9-10,31-32H2,1-8H3. The molecule has 0 bridgehead atoms. The van der Waals surface area contributed by atoms with Crippen molar-refractivity contribution in [3.63, 3.8) is 0 Å². The molecule has 2 aliphatic rings. The first-order valence-electron chi connectivity index (χ1n) is 22.4. The Hall–Kier alpha value is -5.86. The first-order valence-corrected chi connectivity index (χ1v) is 22.4. The van der Waals surface area contributed by atoms with Gasteiger partial charge in [0.05, 0.1) is 0 Å². The van der Waals surface area contributed by atoms with Crippen LogP contribution in [0.25, 0.3) is 22.3 Å². The van der Waals surface area contributed by atoms with Gasteiger partial charge in [0.2, 0.25) is 0 Å². The van der Waals surface area contributed by atoms with Gasteiger partial charge in [-0.05, 0) is 165 Å². The van der Waals surface area contributed by atoms with Gasteiger partial charge in [-0.3, -0.25) is 0 Å². The third kappa shape index (κ3) is 6.75. The van der Waals surface area contributed by atoms with E-state index in [1.54, 1.807) is 0 Å². The number of rotatable bonds is 12. The number of para-hydroxylation sites is 4.